The van der Waals surface area contributed by atoms with Gasteiger partial charge < -0.3 is 15.0 Å². The molecule has 0 spiro atoms. The summed E-state index contributed by atoms with van der Waals surface area (Å²) >= 11 is 2.15. The number of aromatic carboxylic acids is 1. The number of hydrogen-bond donors (Lipinski definition) is 2. The Morgan fingerprint density at radius 1 is 1.48 bits per heavy atom. The first-order valence-electron chi connectivity index (χ1n) is 7.81. The van der Waals surface area contributed by atoms with Gasteiger partial charge in [0.25, 0.3) is 0 Å². The van der Waals surface area contributed by atoms with Crippen LogP contribution in [0, 0.1) is 9.49 Å². The smallest absolute Gasteiger partial charge is 0.341 e. The monoisotopic (exact) mass is 426 g/mol. The summed E-state index contributed by atoms with van der Waals surface area (Å²) in [5.74, 6) is -0.669. The summed E-state index contributed by atoms with van der Waals surface area (Å²) in [5.41, 5.74) is 1.02. The fourth-order valence-electron chi connectivity index (χ4n) is 3.40. The van der Waals surface area contributed by atoms with E-state index in [-0.39, 0.29) is 11.0 Å². The van der Waals surface area contributed by atoms with Crippen LogP contribution in [-0.4, -0.2) is 28.7 Å². The Morgan fingerprint density at radius 2 is 2.26 bits per heavy atom. The van der Waals surface area contributed by atoms with Crippen molar-refractivity contribution >= 4 is 39.5 Å². The molecule has 0 aliphatic carbocycles. The van der Waals surface area contributed by atoms with Crippen LogP contribution in [0.3, 0.4) is 0 Å². The molecule has 1 fully saturated rings. The Balaban J connectivity index is 2.31. The van der Waals surface area contributed by atoms with E-state index in [4.69, 9.17) is 0 Å². The number of aromatic nitrogens is 1. The van der Waals surface area contributed by atoms with Crippen LogP contribution in [-0.2, 0) is 13.0 Å². The number of pyridine rings is 1. The van der Waals surface area contributed by atoms with Crippen molar-refractivity contribution in [3.8, 4) is 0 Å². The van der Waals surface area contributed by atoms with E-state index >= 15 is 0 Å². The number of nitrogens with zero attached hydrogens (tertiary/aromatic N) is 1. The Morgan fingerprint density at radius 3 is 2.87 bits per heavy atom. The number of fused-ring (bicyclic) bond motifs is 1. The van der Waals surface area contributed by atoms with Gasteiger partial charge in [-0.05, 0) is 72.6 Å². The number of carboxylic acids is 1. The van der Waals surface area contributed by atoms with Gasteiger partial charge in [-0.1, -0.05) is 6.92 Å². The largest absolute Gasteiger partial charge is 0.477 e. The maximum atomic E-state index is 12.7. The molecule has 1 aromatic carbocycles. The summed E-state index contributed by atoms with van der Waals surface area (Å²) in [7, 11) is 0. The second-order valence-corrected chi connectivity index (χ2v) is 7.19. The highest BCUT2D eigenvalue weighted by molar-refractivity contribution is 14.1. The third-order valence-electron chi connectivity index (χ3n) is 4.49. The molecule has 0 saturated carbocycles. The Hall–Kier alpha value is -1.41. The average molecular weight is 426 g/mol. The van der Waals surface area contributed by atoms with Gasteiger partial charge in [0.2, 0.25) is 5.43 Å². The highest BCUT2D eigenvalue weighted by atomic mass is 127. The molecule has 1 aliphatic rings. The number of carboxylic acid groups (broad SMARTS) is 1. The van der Waals surface area contributed by atoms with Crippen LogP contribution < -0.4 is 10.7 Å². The molecule has 1 saturated heterocycles. The fourth-order valence-corrected chi connectivity index (χ4v) is 3.89. The van der Waals surface area contributed by atoms with Crippen LogP contribution >= 0.6 is 22.6 Å². The van der Waals surface area contributed by atoms with Crippen molar-refractivity contribution in [3.63, 3.8) is 0 Å². The van der Waals surface area contributed by atoms with E-state index in [0.29, 0.717) is 23.4 Å². The molecule has 2 heterocycles. The lowest BCUT2D eigenvalue weighted by molar-refractivity contribution is 0.0693. The zero-order valence-electron chi connectivity index (χ0n) is 12.9. The van der Waals surface area contributed by atoms with E-state index in [0.717, 1.165) is 35.1 Å². The van der Waals surface area contributed by atoms with Gasteiger partial charge >= 0.3 is 5.97 Å². The summed E-state index contributed by atoms with van der Waals surface area (Å²) in [4.78, 5) is 24.4. The minimum absolute atomic E-state index is 0.0760. The van der Waals surface area contributed by atoms with Crippen molar-refractivity contribution in [2.24, 2.45) is 5.92 Å². The number of hydrogen-bond acceptors (Lipinski definition) is 3. The molecule has 0 amide bonds. The summed E-state index contributed by atoms with van der Waals surface area (Å²) in [6.07, 6.45) is 1.60. The van der Waals surface area contributed by atoms with Crippen molar-refractivity contribution in [1.29, 1.82) is 0 Å². The minimum atomic E-state index is -1.13. The lowest BCUT2D eigenvalue weighted by Crippen LogP contribution is -2.26. The van der Waals surface area contributed by atoms with Crippen LogP contribution in [0.1, 0.15) is 29.4 Å². The zero-order chi connectivity index (χ0) is 16.6. The maximum Gasteiger partial charge on any atom is 0.341 e. The van der Waals surface area contributed by atoms with Crippen LogP contribution in [0.15, 0.2) is 23.0 Å². The highest BCUT2D eigenvalue weighted by Gasteiger charge is 2.23. The molecular weight excluding hydrogens is 407 g/mol. The first-order chi connectivity index (χ1) is 11.0. The van der Waals surface area contributed by atoms with Gasteiger partial charge in [-0.15, -0.1) is 0 Å². The molecular formula is C17H19IN2O3. The van der Waals surface area contributed by atoms with Crippen molar-refractivity contribution < 1.29 is 9.90 Å². The van der Waals surface area contributed by atoms with E-state index < -0.39 is 5.97 Å². The van der Waals surface area contributed by atoms with Gasteiger partial charge in [-0.25, -0.2) is 4.79 Å². The van der Waals surface area contributed by atoms with Crippen molar-refractivity contribution in [3.05, 3.63) is 43.2 Å². The molecule has 1 aliphatic heterocycles. The normalized spacial score (nSPS) is 17.7. The molecule has 6 heteroatoms. The number of nitrogens with one attached hydrogen (secondary N) is 1. The van der Waals surface area contributed by atoms with E-state index in [9.17, 15) is 14.7 Å². The van der Waals surface area contributed by atoms with Gasteiger partial charge in [-0.3, -0.25) is 4.79 Å². The molecule has 1 aromatic heterocycles. The van der Waals surface area contributed by atoms with Crippen LogP contribution in [0.5, 0.6) is 0 Å². The standard InChI is InChI=1S/C17H19IN2O3/c1-2-13-15(17(22)23)16(21)12-7-11(18)3-4-14(12)20(13)9-10-5-6-19-8-10/h3-4,7,10,19H,2,5-6,8-9H2,1H3,(H,22,23). The topological polar surface area (TPSA) is 71.3 Å². The summed E-state index contributed by atoms with van der Waals surface area (Å²) in [6.45, 7) is 4.58. The second-order valence-electron chi connectivity index (χ2n) is 5.94. The fraction of sp³-hybridized carbons (Fsp3) is 0.412. The Kier molecular flexibility index (Phi) is 4.72. The van der Waals surface area contributed by atoms with Gasteiger partial charge in [0.1, 0.15) is 5.56 Å². The predicted octanol–water partition coefficient (Wildman–Crippen LogP) is 2.48. The zero-order valence-corrected chi connectivity index (χ0v) is 15.1. The molecule has 5 nitrogen and oxygen atoms in total. The van der Waals surface area contributed by atoms with Crippen LogP contribution in [0.2, 0.25) is 0 Å². The molecule has 3 rings (SSSR count). The molecule has 0 bridgehead atoms. The number of halogens is 1. The molecule has 2 aromatic rings. The summed E-state index contributed by atoms with van der Waals surface area (Å²) in [5, 5.41) is 13.4. The molecule has 0 radical (unpaired) electrons. The maximum absolute atomic E-state index is 12.7. The quantitative estimate of drug-likeness (QED) is 0.738. The SMILES string of the molecule is CCc1c(C(=O)O)c(=O)c2cc(I)ccc2n1CC1CCNC1. The molecule has 122 valence electrons. The second kappa shape index (κ2) is 6.60. The van der Waals surface area contributed by atoms with Gasteiger partial charge in [0, 0.05) is 21.2 Å². The lowest BCUT2D eigenvalue weighted by Gasteiger charge is -2.21. The van der Waals surface area contributed by atoms with Crippen molar-refractivity contribution in [2.75, 3.05) is 13.1 Å². The van der Waals surface area contributed by atoms with E-state index in [1.165, 1.54) is 0 Å². The average Bonchev–Trinajstić information content (AvgIpc) is 3.02. The van der Waals surface area contributed by atoms with E-state index in [1.54, 1.807) is 6.07 Å². The molecule has 2 N–H and O–H groups in total. The molecule has 1 unspecified atom stereocenters. The Bertz CT molecular complexity index is 823. The van der Waals surface area contributed by atoms with Crippen molar-refractivity contribution in [2.45, 2.75) is 26.3 Å². The van der Waals surface area contributed by atoms with Crippen LogP contribution in [0.4, 0.5) is 0 Å². The van der Waals surface area contributed by atoms with Gasteiger partial charge in [0.05, 0.1) is 5.52 Å². The third-order valence-corrected chi connectivity index (χ3v) is 5.16. The minimum Gasteiger partial charge on any atom is -0.477 e. The van der Waals surface area contributed by atoms with Crippen LogP contribution in [0.25, 0.3) is 10.9 Å². The summed E-state index contributed by atoms with van der Waals surface area (Å²) < 4.78 is 2.98. The first kappa shape index (κ1) is 16.4. The van der Waals surface area contributed by atoms with E-state index in [2.05, 4.69) is 27.9 Å². The van der Waals surface area contributed by atoms with Gasteiger partial charge in [0.15, 0.2) is 0 Å². The van der Waals surface area contributed by atoms with Crippen molar-refractivity contribution in [1.82, 2.24) is 9.88 Å². The number of benzene rings is 1. The van der Waals surface area contributed by atoms with Gasteiger partial charge in [-0.2, -0.15) is 0 Å². The lowest BCUT2D eigenvalue weighted by atomic mass is 10.0. The summed E-state index contributed by atoms with van der Waals surface area (Å²) in [6, 6.07) is 5.69. The predicted molar refractivity (Wildman–Crippen MR) is 98.2 cm³/mol. The molecule has 23 heavy (non-hydrogen) atoms. The third kappa shape index (κ3) is 3.01. The first-order valence-corrected chi connectivity index (χ1v) is 8.89. The molecule has 1 atom stereocenters. The number of carbonyl (C=O) groups is 1. The highest BCUT2D eigenvalue weighted by Crippen LogP contribution is 2.22. The number of rotatable bonds is 4. The Labute approximate surface area is 147 Å². The van der Waals surface area contributed by atoms with E-state index in [1.807, 2.05) is 23.6 Å².